The summed E-state index contributed by atoms with van der Waals surface area (Å²) in [5.74, 6) is 0. The van der Waals surface area contributed by atoms with Crippen molar-refractivity contribution in [2.45, 2.75) is 13.1 Å². The normalized spacial score (nSPS) is 10.5. The molecule has 0 spiro atoms. The molecule has 1 aromatic carbocycles. The zero-order chi connectivity index (χ0) is 16.1. The lowest BCUT2D eigenvalue weighted by Gasteiger charge is -2.25. The van der Waals surface area contributed by atoms with E-state index in [9.17, 15) is 0 Å². The van der Waals surface area contributed by atoms with Crippen LogP contribution in [0, 0.1) is 0 Å². The van der Waals surface area contributed by atoms with Crippen LogP contribution in [-0.2, 0) is 13.1 Å². The molecule has 0 fully saturated rings. The Morgan fingerprint density at radius 1 is 0.870 bits per heavy atom. The van der Waals surface area contributed by atoms with Gasteiger partial charge in [0.1, 0.15) is 0 Å². The maximum atomic E-state index is 4.47. The van der Waals surface area contributed by atoms with Crippen LogP contribution in [0.1, 0.15) is 10.6 Å². The summed E-state index contributed by atoms with van der Waals surface area (Å²) < 4.78 is 0. The molecule has 0 bridgehead atoms. The van der Waals surface area contributed by atoms with E-state index in [1.807, 2.05) is 18.3 Å². The third-order valence-electron chi connectivity index (χ3n) is 3.74. The molecule has 0 amide bonds. The van der Waals surface area contributed by atoms with E-state index in [0.29, 0.717) is 0 Å². The van der Waals surface area contributed by atoms with Gasteiger partial charge in [-0.1, -0.05) is 12.1 Å². The van der Waals surface area contributed by atoms with Crippen molar-refractivity contribution < 1.29 is 0 Å². The second-order valence-corrected chi connectivity index (χ2v) is 6.70. The zero-order valence-corrected chi connectivity index (χ0v) is 14.3. The number of thiophene rings is 1. The predicted octanol–water partition coefficient (Wildman–Crippen LogP) is 4.42. The van der Waals surface area contributed by atoms with E-state index < -0.39 is 0 Å². The molecule has 0 aliphatic rings. The Balaban J connectivity index is 1.84. The Bertz CT molecular complexity index is 706. The maximum absolute atomic E-state index is 4.47. The van der Waals surface area contributed by atoms with Crippen molar-refractivity contribution in [3.63, 3.8) is 0 Å². The molecule has 23 heavy (non-hydrogen) atoms. The van der Waals surface area contributed by atoms with Crippen molar-refractivity contribution in [3.05, 3.63) is 76.7 Å². The fraction of sp³-hybridized carbons (Fsp3) is 0.211. The molecular weight excluding hydrogens is 302 g/mol. The fourth-order valence-corrected chi connectivity index (χ4v) is 3.20. The van der Waals surface area contributed by atoms with E-state index in [2.05, 4.69) is 76.7 Å². The van der Waals surface area contributed by atoms with Gasteiger partial charge in [0.2, 0.25) is 0 Å². The fourth-order valence-electron chi connectivity index (χ4n) is 2.48. The van der Waals surface area contributed by atoms with Crippen LogP contribution >= 0.6 is 11.3 Å². The zero-order valence-electron chi connectivity index (χ0n) is 13.5. The van der Waals surface area contributed by atoms with E-state index >= 15 is 0 Å². The number of rotatable bonds is 6. The molecule has 0 N–H and O–H groups in total. The van der Waals surface area contributed by atoms with Crippen LogP contribution in [0.3, 0.4) is 0 Å². The largest absolute Gasteiger partial charge is 0.378 e. The molecule has 3 aromatic rings. The summed E-state index contributed by atoms with van der Waals surface area (Å²) in [6.45, 7) is 1.70. The van der Waals surface area contributed by atoms with Gasteiger partial charge < -0.3 is 9.80 Å². The molecule has 3 rings (SSSR count). The summed E-state index contributed by atoms with van der Waals surface area (Å²) in [4.78, 5) is 10.3. The molecule has 0 aliphatic heterocycles. The third-order valence-corrected chi connectivity index (χ3v) is 4.60. The molecule has 118 valence electrons. The Morgan fingerprint density at radius 3 is 2.26 bits per heavy atom. The lowest BCUT2D eigenvalue weighted by Crippen LogP contribution is -2.22. The highest BCUT2D eigenvalue weighted by Crippen LogP contribution is 2.24. The first-order chi connectivity index (χ1) is 11.2. The van der Waals surface area contributed by atoms with Crippen LogP contribution in [0.5, 0.6) is 0 Å². The number of anilines is 2. The standard InChI is InChI=1S/C19H21N3S/c1-21(2)17-8-10-18(11-9-17)22(15-19-7-5-13-23-19)14-16-6-3-4-12-20-16/h3-13H,14-15H2,1-2H3. The van der Waals surface area contributed by atoms with Crippen LogP contribution in [0.15, 0.2) is 66.2 Å². The van der Waals surface area contributed by atoms with Crippen molar-refractivity contribution in [1.82, 2.24) is 4.98 Å². The smallest absolute Gasteiger partial charge is 0.0606 e. The highest BCUT2D eigenvalue weighted by molar-refractivity contribution is 7.09. The Morgan fingerprint density at radius 2 is 1.65 bits per heavy atom. The molecule has 0 unspecified atom stereocenters. The topological polar surface area (TPSA) is 19.4 Å². The minimum Gasteiger partial charge on any atom is -0.378 e. The molecule has 0 aliphatic carbocycles. The summed E-state index contributed by atoms with van der Waals surface area (Å²) >= 11 is 1.79. The molecule has 0 radical (unpaired) electrons. The van der Waals surface area contributed by atoms with Crippen molar-refractivity contribution in [3.8, 4) is 0 Å². The Kier molecular flexibility index (Phi) is 4.93. The average molecular weight is 323 g/mol. The lowest BCUT2D eigenvalue weighted by atomic mass is 10.2. The molecule has 3 nitrogen and oxygen atoms in total. The van der Waals surface area contributed by atoms with Crippen molar-refractivity contribution >= 4 is 22.7 Å². The molecule has 0 atom stereocenters. The maximum Gasteiger partial charge on any atom is 0.0606 e. The SMILES string of the molecule is CN(C)c1ccc(N(Cc2ccccn2)Cc2cccs2)cc1. The minimum atomic E-state index is 0.806. The van der Waals surface area contributed by atoms with E-state index in [1.165, 1.54) is 16.3 Å². The molecule has 0 saturated carbocycles. The molecule has 4 heteroatoms. The van der Waals surface area contributed by atoms with Crippen LogP contribution in [0.2, 0.25) is 0 Å². The first kappa shape index (κ1) is 15.6. The van der Waals surface area contributed by atoms with Crippen LogP contribution < -0.4 is 9.80 Å². The van der Waals surface area contributed by atoms with Crippen LogP contribution in [-0.4, -0.2) is 19.1 Å². The number of hydrogen-bond donors (Lipinski definition) is 0. The van der Waals surface area contributed by atoms with Crippen molar-refractivity contribution in [2.75, 3.05) is 23.9 Å². The van der Waals surface area contributed by atoms with E-state index in [-0.39, 0.29) is 0 Å². The Labute approximate surface area is 141 Å². The van der Waals surface area contributed by atoms with Gasteiger partial charge in [-0.05, 0) is 47.8 Å². The van der Waals surface area contributed by atoms with Crippen LogP contribution in [0.4, 0.5) is 11.4 Å². The number of pyridine rings is 1. The summed E-state index contributed by atoms with van der Waals surface area (Å²) in [7, 11) is 4.12. The first-order valence-corrected chi connectivity index (χ1v) is 8.55. The second kappa shape index (κ2) is 7.29. The number of aromatic nitrogens is 1. The molecule has 2 heterocycles. The van der Waals surface area contributed by atoms with E-state index in [4.69, 9.17) is 0 Å². The quantitative estimate of drug-likeness (QED) is 0.669. The van der Waals surface area contributed by atoms with Crippen molar-refractivity contribution in [2.24, 2.45) is 0 Å². The van der Waals surface area contributed by atoms with E-state index in [1.54, 1.807) is 11.3 Å². The van der Waals surface area contributed by atoms with Gasteiger partial charge in [-0.3, -0.25) is 4.98 Å². The third kappa shape index (κ3) is 4.11. The van der Waals surface area contributed by atoms with E-state index in [0.717, 1.165) is 18.8 Å². The highest BCUT2D eigenvalue weighted by atomic mass is 32.1. The summed E-state index contributed by atoms with van der Waals surface area (Å²) in [6.07, 6.45) is 1.85. The second-order valence-electron chi connectivity index (χ2n) is 5.67. The van der Waals surface area contributed by atoms with Gasteiger partial charge in [-0.2, -0.15) is 0 Å². The van der Waals surface area contributed by atoms with Gasteiger partial charge in [0, 0.05) is 36.5 Å². The van der Waals surface area contributed by atoms with Crippen LogP contribution in [0.25, 0.3) is 0 Å². The predicted molar refractivity (Wildman–Crippen MR) is 99.2 cm³/mol. The number of benzene rings is 1. The van der Waals surface area contributed by atoms with Gasteiger partial charge in [-0.15, -0.1) is 11.3 Å². The van der Waals surface area contributed by atoms with Crippen molar-refractivity contribution in [1.29, 1.82) is 0 Å². The monoisotopic (exact) mass is 323 g/mol. The average Bonchev–Trinajstić information content (AvgIpc) is 3.08. The molecule has 0 saturated heterocycles. The molecular formula is C19H21N3S. The lowest BCUT2D eigenvalue weighted by molar-refractivity contribution is 0.789. The summed E-state index contributed by atoms with van der Waals surface area (Å²) in [6, 6.07) is 19.1. The minimum absolute atomic E-state index is 0.806. The number of nitrogens with zero attached hydrogens (tertiary/aromatic N) is 3. The van der Waals surface area contributed by atoms with Gasteiger partial charge in [0.15, 0.2) is 0 Å². The Hall–Kier alpha value is -2.33. The van der Waals surface area contributed by atoms with Gasteiger partial charge in [0.25, 0.3) is 0 Å². The van der Waals surface area contributed by atoms with Gasteiger partial charge in [0.05, 0.1) is 18.8 Å². The summed E-state index contributed by atoms with van der Waals surface area (Å²) in [5, 5.41) is 2.13. The number of hydrogen-bond acceptors (Lipinski definition) is 4. The van der Waals surface area contributed by atoms with Gasteiger partial charge in [-0.25, -0.2) is 0 Å². The van der Waals surface area contributed by atoms with Gasteiger partial charge >= 0.3 is 0 Å². The molecule has 2 aromatic heterocycles. The first-order valence-electron chi connectivity index (χ1n) is 7.67. The highest BCUT2D eigenvalue weighted by Gasteiger charge is 2.10. The summed E-state index contributed by atoms with van der Waals surface area (Å²) in [5.41, 5.74) is 3.51.